The molecule has 1 aromatic carbocycles. The van der Waals surface area contributed by atoms with Crippen molar-refractivity contribution >= 4 is 6.08 Å². The van der Waals surface area contributed by atoms with Crippen LogP contribution in [-0.2, 0) is 0 Å². The number of hydrogen-bond donors (Lipinski definition) is 1. The van der Waals surface area contributed by atoms with Gasteiger partial charge in [-0.15, -0.1) is 0 Å². The van der Waals surface area contributed by atoms with Gasteiger partial charge in [0, 0.05) is 24.6 Å². The van der Waals surface area contributed by atoms with Gasteiger partial charge in [0.25, 0.3) is 0 Å². The number of benzene rings is 1. The molecule has 1 aliphatic rings. The van der Waals surface area contributed by atoms with Crippen molar-refractivity contribution in [2.24, 2.45) is 5.92 Å². The van der Waals surface area contributed by atoms with Crippen LogP contribution in [0.1, 0.15) is 5.56 Å². The summed E-state index contributed by atoms with van der Waals surface area (Å²) in [6.45, 7) is 2.04. The summed E-state index contributed by atoms with van der Waals surface area (Å²) < 4.78 is 13.1. The van der Waals surface area contributed by atoms with Crippen LogP contribution in [0.5, 0.6) is 0 Å². The second kappa shape index (κ2) is 3.71. The van der Waals surface area contributed by atoms with Crippen LogP contribution < -0.4 is 5.32 Å². The maximum atomic E-state index is 13.1. The van der Waals surface area contributed by atoms with Crippen molar-refractivity contribution in [3.63, 3.8) is 0 Å². The van der Waals surface area contributed by atoms with Crippen molar-refractivity contribution in [3.8, 4) is 0 Å². The summed E-state index contributed by atoms with van der Waals surface area (Å²) in [7, 11) is 0. The highest BCUT2D eigenvalue weighted by Gasteiger charge is 2.12. The maximum absolute atomic E-state index is 13.1. The van der Waals surface area contributed by atoms with Gasteiger partial charge < -0.3 is 5.32 Å². The lowest BCUT2D eigenvalue weighted by Crippen LogP contribution is -2.40. The first-order valence-electron chi connectivity index (χ1n) is 4.50. The largest absolute Gasteiger partial charge is 0.315 e. The van der Waals surface area contributed by atoms with Gasteiger partial charge in [-0.3, -0.25) is 0 Å². The molecule has 1 heterocycles. The van der Waals surface area contributed by atoms with E-state index in [0.29, 0.717) is 11.5 Å². The number of hydrogen-bond acceptors (Lipinski definition) is 1. The van der Waals surface area contributed by atoms with Crippen molar-refractivity contribution in [1.82, 2.24) is 5.32 Å². The Kier molecular flexibility index (Phi) is 2.41. The molecule has 1 nitrogen and oxygen atoms in total. The molecule has 68 valence electrons. The summed E-state index contributed by atoms with van der Waals surface area (Å²) in [6.07, 6.45) is 3.93. The predicted molar refractivity (Wildman–Crippen MR) is 51.8 cm³/mol. The van der Waals surface area contributed by atoms with E-state index < -0.39 is 0 Å². The van der Waals surface area contributed by atoms with Gasteiger partial charge in [-0.05, 0) is 6.07 Å². The Hall–Kier alpha value is -1.15. The van der Waals surface area contributed by atoms with E-state index in [-0.39, 0.29) is 5.82 Å². The second-order valence-corrected chi connectivity index (χ2v) is 3.30. The highest BCUT2D eigenvalue weighted by Crippen LogP contribution is 2.12. The van der Waals surface area contributed by atoms with Crippen LogP contribution in [0.2, 0.25) is 0 Å². The molecule has 2 rings (SSSR count). The zero-order valence-corrected chi connectivity index (χ0v) is 7.33. The molecule has 1 saturated heterocycles. The van der Waals surface area contributed by atoms with Crippen molar-refractivity contribution in [2.45, 2.75) is 0 Å². The lowest BCUT2D eigenvalue weighted by Gasteiger charge is -2.23. The highest BCUT2D eigenvalue weighted by molar-refractivity contribution is 5.50. The smallest absolute Gasteiger partial charge is 0.130 e. The molecule has 0 radical (unpaired) electrons. The van der Waals surface area contributed by atoms with Crippen LogP contribution in [0.4, 0.5) is 4.39 Å². The van der Waals surface area contributed by atoms with Gasteiger partial charge in [0.05, 0.1) is 0 Å². The van der Waals surface area contributed by atoms with E-state index in [1.807, 2.05) is 12.1 Å². The number of halogens is 1. The summed E-state index contributed by atoms with van der Waals surface area (Å²) in [5.41, 5.74) is 0.675. The van der Waals surface area contributed by atoms with Crippen molar-refractivity contribution in [2.75, 3.05) is 13.1 Å². The molecule has 1 aliphatic heterocycles. The minimum atomic E-state index is -0.147. The molecule has 0 aliphatic carbocycles. The molecule has 0 aromatic heterocycles. The normalized spacial score (nSPS) is 17.6. The van der Waals surface area contributed by atoms with Crippen molar-refractivity contribution < 1.29 is 4.39 Å². The van der Waals surface area contributed by atoms with Crippen molar-refractivity contribution in [3.05, 3.63) is 41.7 Å². The zero-order chi connectivity index (χ0) is 9.10. The first-order chi connectivity index (χ1) is 6.36. The maximum Gasteiger partial charge on any atom is 0.130 e. The molecular formula is C11H12FN. The van der Waals surface area contributed by atoms with Crippen LogP contribution in [0.15, 0.2) is 30.3 Å². The Morgan fingerprint density at radius 2 is 2.08 bits per heavy atom. The molecule has 0 atom stereocenters. The van der Waals surface area contributed by atoms with Gasteiger partial charge >= 0.3 is 0 Å². The summed E-state index contributed by atoms with van der Waals surface area (Å²) in [5.74, 6) is 0.436. The first kappa shape index (κ1) is 8.45. The van der Waals surface area contributed by atoms with Crippen LogP contribution in [0.3, 0.4) is 0 Å². The standard InChI is InChI=1S/C11H12FN/c12-11-4-2-1-3-10(11)6-5-9-7-13-8-9/h1-6,9,13H,7-8H2/b6-5+. The Labute approximate surface area is 77.3 Å². The minimum Gasteiger partial charge on any atom is -0.315 e. The molecule has 0 spiro atoms. The van der Waals surface area contributed by atoms with Gasteiger partial charge in [0.15, 0.2) is 0 Å². The SMILES string of the molecule is Fc1ccccc1/C=C/C1CNC1. The average Bonchev–Trinajstić information content (AvgIpc) is 2.05. The fourth-order valence-corrected chi connectivity index (χ4v) is 1.30. The first-order valence-corrected chi connectivity index (χ1v) is 4.50. The van der Waals surface area contributed by atoms with Gasteiger partial charge in [-0.1, -0.05) is 30.4 Å². The lowest BCUT2D eigenvalue weighted by molar-refractivity contribution is 0.420. The van der Waals surface area contributed by atoms with E-state index in [2.05, 4.69) is 11.4 Å². The summed E-state index contributed by atoms with van der Waals surface area (Å²) in [4.78, 5) is 0. The predicted octanol–water partition coefficient (Wildman–Crippen LogP) is 2.06. The van der Waals surface area contributed by atoms with Crippen LogP contribution in [0, 0.1) is 11.7 Å². The summed E-state index contributed by atoms with van der Waals surface area (Å²) in [5, 5.41) is 3.17. The molecular weight excluding hydrogens is 165 g/mol. The molecule has 1 aromatic rings. The summed E-state index contributed by atoms with van der Waals surface area (Å²) in [6, 6.07) is 6.83. The molecule has 0 amide bonds. The van der Waals surface area contributed by atoms with Gasteiger partial charge in [0.2, 0.25) is 0 Å². The third-order valence-electron chi connectivity index (χ3n) is 2.27. The van der Waals surface area contributed by atoms with E-state index >= 15 is 0 Å². The van der Waals surface area contributed by atoms with Gasteiger partial charge in [0.1, 0.15) is 5.82 Å². The molecule has 1 fully saturated rings. The molecule has 0 saturated carbocycles. The van der Waals surface area contributed by atoms with E-state index in [4.69, 9.17) is 0 Å². The Bertz CT molecular complexity index is 316. The van der Waals surface area contributed by atoms with Gasteiger partial charge in [-0.25, -0.2) is 4.39 Å². The van der Waals surface area contributed by atoms with Crippen molar-refractivity contribution in [1.29, 1.82) is 0 Å². The molecule has 1 N–H and O–H groups in total. The fourth-order valence-electron chi connectivity index (χ4n) is 1.30. The van der Waals surface area contributed by atoms with Crippen LogP contribution in [-0.4, -0.2) is 13.1 Å². The number of nitrogens with one attached hydrogen (secondary N) is 1. The Morgan fingerprint density at radius 3 is 2.69 bits per heavy atom. The van der Waals surface area contributed by atoms with E-state index in [1.54, 1.807) is 12.1 Å². The van der Waals surface area contributed by atoms with E-state index in [0.717, 1.165) is 13.1 Å². The topological polar surface area (TPSA) is 12.0 Å². The fraction of sp³-hybridized carbons (Fsp3) is 0.273. The Balaban J connectivity index is 2.07. The quantitative estimate of drug-likeness (QED) is 0.729. The zero-order valence-electron chi connectivity index (χ0n) is 7.33. The summed E-state index contributed by atoms with van der Waals surface area (Å²) >= 11 is 0. The molecule has 0 unspecified atom stereocenters. The third kappa shape index (κ3) is 1.95. The van der Waals surface area contributed by atoms with Gasteiger partial charge in [-0.2, -0.15) is 0 Å². The lowest BCUT2D eigenvalue weighted by atomic mass is 10.0. The number of rotatable bonds is 2. The minimum absolute atomic E-state index is 0.147. The van der Waals surface area contributed by atoms with E-state index in [1.165, 1.54) is 6.07 Å². The van der Waals surface area contributed by atoms with Crippen LogP contribution in [0.25, 0.3) is 6.08 Å². The third-order valence-corrected chi connectivity index (χ3v) is 2.27. The molecule has 13 heavy (non-hydrogen) atoms. The van der Waals surface area contributed by atoms with Crippen LogP contribution >= 0.6 is 0 Å². The molecule has 0 bridgehead atoms. The average molecular weight is 177 g/mol. The molecule has 2 heteroatoms. The highest BCUT2D eigenvalue weighted by atomic mass is 19.1. The van der Waals surface area contributed by atoms with E-state index in [9.17, 15) is 4.39 Å². The Morgan fingerprint density at radius 1 is 1.31 bits per heavy atom. The monoisotopic (exact) mass is 177 g/mol. The second-order valence-electron chi connectivity index (χ2n) is 3.30.